The van der Waals surface area contributed by atoms with Gasteiger partial charge in [0, 0.05) is 19.0 Å². The second-order valence-corrected chi connectivity index (χ2v) is 12.7. The molecule has 5 aliphatic heterocycles. The highest BCUT2D eigenvalue weighted by Crippen LogP contribution is 2.85. The average Bonchev–Trinajstić information content (AvgIpc) is 3.57. The van der Waals surface area contributed by atoms with Crippen molar-refractivity contribution < 1.29 is 62.9 Å². The van der Waals surface area contributed by atoms with Gasteiger partial charge in [0.25, 0.3) is 0 Å². The van der Waals surface area contributed by atoms with E-state index in [1.165, 1.54) is 11.8 Å². The van der Waals surface area contributed by atoms with Crippen LogP contribution < -0.4 is 0 Å². The van der Waals surface area contributed by atoms with E-state index in [1.807, 2.05) is 0 Å². The second-order valence-electron chi connectivity index (χ2n) is 12.7. The van der Waals surface area contributed by atoms with Gasteiger partial charge in [-0.05, 0) is 12.3 Å². The van der Waals surface area contributed by atoms with Gasteiger partial charge in [-0.3, -0.25) is 4.79 Å². The van der Waals surface area contributed by atoms with Crippen LogP contribution in [0.3, 0.4) is 0 Å². The summed E-state index contributed by atoms with van der Waals surface area (Å²) in [6.07, 6.45) is -10.7. The molecule has 0 bridgehead atoms. The second kappa shape index (κ2) is 7.21. The maximum atomic E-state index is 13.9. The van der Waals surface area contributed by atoms with E-state index >= 15 is 0 Å². The monoisotopic (exact) mass is 553 g/mol. The Hall–Kier alpha value is -2.52. The first-order valence-corrected chi connectivity index (χ1v) is 13.2. The Bertz CT molecular complexity index is 1190. The minimum Gasteiger partial charge on any atom is -0.456 e. The number of amides is 1. The third-order valence-electron chi connectivity index (χ3n) is 10.4. The van der Waals surface area contributed by atoms with Crippen LogP contribution in [0.15, 0.2) is 0 Å². The molecule has 2 aliphatic carbocycles. The molecule has 7 aliphatic rings. The first-order valence-electron chi connectivity index (χ1n) is 13.2. The molecule has 7 rings (SSSR count). The number of aliphatic hydroxyl groups is 3. The van der Waals surface area contributed by atoms with E-state index in [2.05, 4.69) is 0 Å². The zero-order chi connectivity index (χ0) is 28.1. The molecular formula is C25H31NO13. The Morgan fingerprint density at radius 2 is 1.69 bits per heavy atom. The zero-order valence-electron chi connectivity index (χ0n) is 21.8. The molecule has 0 radical (unpaired) electrons. The largest absolute Gasteiger partial charge is 0.456 e. The summed E-state index contributed by atoms with van der Waals surface area (Å²) in [6, 6.07) is 0. The van der Waals surface area contributed by atoms with E-state index in [0.29, 0.717) is 0 Å². The molecule has 7 fully saturated rings. The molecule has 14 nitrogen and oxygen atoms in total. The van der Waals surface area contributed by atoms with Crippen molar-refractivity contribution in [2.75, 3.05) is 26.3 Å². The van der Waals surface area contributed by atoms with Crippen LogP contribution in [0, 0.1) is 28.1 Å². The van der Waals surface area contributed by atoms with Crippen LogP contribution in [0.1, 0.15) is 27.7 Å². The molecule has 0 aromatic rings. The van der Waals surface area contributed by atoms with E-state index in [4.69, 9.17) is 28.4 Å². The first kappa shape index (κ1) is 25.4. The van der Waals surface area contributed by atoms with Crippen molar-refractivity contribution >= 4 is 24.0 Å². The minimum absolute atomic E-state index is 0.190. The summed E-state index contributed by atoms with van der Waals surface area (Å²) in [7, 11) is 0. The predicted molar refractivity (Wildman–Crippen MR) is 120 cm³/mol. The fraction of sp³-hybridized carbons (Fsp3) is 0.840. The molecule has 3 N–H and O–H groups in total. The minimum atomic E-state index is -2.48. The quantitative estimate of drug-likeness (QED) is 0.241. The summed E-state index contributed by atoms with van der Waals surface area (Å²) in [5, 5.41) is 35.9. The van der Waals surface area contributed by atoms with Crippen LogP contribution >= 0.6 is 0 Å². The van der Waals surface area contributed by atoms with Gasteiger partial charge in [-0.15, -0.1) is 0 Å². The summed E-state index contributed by atoms with van der Waals surface area (Å²) < 4.78 is 34.5. The van der Waals surface area contributed by atoms with Crippen molar-refractivity contribution in [3.05, 3.63) is 0 Å². The van der Waals surface area contributed by atoms with Crippen molar-refractivity contribution in [1.82, 2.24) is 4.90 Å². The van der Waals surface area contributed by atoms with Gasteiger partial charge in [-0.1, -0.05) is 20.8 Å². The third kappa shape index (κ3) is 2.30. The lowest BCUT2D eigenvalue weighted by molar-refractivity contribution is -0.240. The van der Waals surface area contributed by atoms with Crippen LogP contribution in [0.2, 0.25) is 0 Å². The fourth-order valence-electron chi connectivity index (χ4n) is 9.31. The zero-order valence-corrected chi connectivity index (χ0v) is 21.8. The molecule has 5 saturated heterocycles. The highest BCUT2D eigenvalue weighted by molar-refractivity contribution is 5.94. The summed E-state index contributed by atoms with van der Waals surface area (Å²) in [5.41, 5.74) is -9.80. The van der Waals surface area contributed by atoms with Crippen LogP contribution in [0.5, 0.6) is 0 Å². The Labute approximate surface area is 222 Å². The molecule has 5 heterocycles. The van der Waals surface area contributed by atoms with E-state index in [0.717, 1.165) is 0 Å². The third-order valence-corrected chi connectivity index (χ3v) is 10.4. The number of nitrogens with zero attached hydrogens (tertiary/aromatic N) is 1. The molecule has 2 saturated carbocycles. The van der Waals surface area contributed by atoms with Gasteiger partial charge in [-0.25, -0.2) is 14.4 Å². The number of carbonyl (C=O) groups excluding carboxylic acids is 4. The van der Waals surface area contributed by atoms with E-state index in [1.54, 1.807) is 20.8 Å². The standard InChI is InChI=1S/C25H31NO13/c1-9-16(29)35-15-14(37-20(32)26-5-7-34-8-6-26)23-13-10(27)11(21(2,3)4)22(23)12(28)17(30)38-19(22)39-25(23,18(31)36-13)24(9,15)33/h9-15,19,27-28,33H,5-8H2,1-4H3/t9-,10-,11+,12+,13?,14+,15?,19?,22?,23?,24-,25?/m1/s1. The topological polar surface area (TPSA) is 188 Å². The number of esters is 3. The lowest BCUT2D eigenvalue weighted by Gasteiger charge is -2.48. The van der Waals surface area contributed by atoms with Gasteiger partial charge in [-0.2, -0.15) is 0 Å². The SMILES string of the molecule is C[C@@H]1C(=O)OC2[C@H](OC(=O)N3CCOCC3)C34C5OC(=O)C3(OC3OC(=O)[C@H](O)C34[C@H](C(C)(C)C)[C@H]5O)[C@]21O. The van der Waals surface area contributed by atoms with E-state index in [-0.39, 0.29) is 26.3 Å². The normalized spacial score (nSPS) is 53.1. The number of hydrogen-bond donors (Lipinski definition) is 3. The highest BCUT2D eigenvalue weighted by atomic mass is 16.8. The molecule has 14 heteroatoms. The molecule has 6 unspecified atom stereocenters. The molecule has 214 valence electrons. The lowest BCUT2D eigenvalue weighted by atomic mass is 9.51. The molecule has 0 aromatic heterocycles. The number of fused-ring (bicyclic) bond motifs is 1. The number of ether oxygens (including phenoxy) is 6. The molecule has 0 aromatic carbocycles. The maximum absolute atomic E-state index is 13.9. The van der Waals surface area contributed by atoms with E-state index in [9.17, 15) is 34.5 Å². The summed E-state index contributed by atoms with van der Waals surface area (Å²) in [5.74, 6) is -5.44. The van der Waals surface area contributed by atoms with Gasteiger partial charge in [0.1, 0.15) is 11.5 Å². The van der Waals surface area contributed by atoms with Gasteiger partial charge >= 0.3 is 24.0 Å². The Morgan fingerprint density at radius 1 is 1.03 bits per heavy atom. The van der Waals surface area contributed by atoms with Crippen molar-refractivity contribution in [3.63, 3.8) is 0 Å². The van der Waals surface area contributed by atoms with Gasteiger partial charge < -0.3 is 48.6 Å². The van der Waals surface area contributed by atoms with Crippen LogP contribution in [0.4, 0.5) is 4.79 Å². The molecular weight excluding hydrogens is 522 g/mol. The van der Waals surface area contributed by atoms with Crippen molar-refractivity contribution in [2.24, 2.45) is 28.1 Å². The number of carbonyl (C=O) groups is 4. The molecule has 2 spiro atoms. The van der Waals surface area contributed by atoms with Crippen molar-refractivity contribution in [3.8, 4) is 0 Å². The summed E-state index contributed by atoms with van der Waals surface area (Å²) >= 11 is 0. The van der Waals surface area contributed by atoms with Crippen LogP contribution in [0.25, 0.3) is 0 Å². The highest BCUT2D eigenvalue weighted by Gasteiger charge is 3.06. The predicted octanol–water partition coefficient (Wildman–Crippen LogP) is -1.92. The summed E-state index contributed by atoms with van der Waals surface area (Å²) in [6.45, 7) is 7.53. The Kier molecular flexibility index (Phi) is 4.71. The fourth-order valence-corrected chi connectivity index (χ4v) is 9.31. The number of rotatable bonds is 1. The Balaban J connectivity index is 1.52. The molecule has 39 heavy (non-hydrogen) atoms. The number of aliphatic hydroxyl groups excluding tert-OH is 2. The van der Waals surface area contributed by atoms with Gasteiger partial charge in [0.2, 0.25) is 11.9 Å². The first-order chi connectivity index (χ1) is 18.2. The lowest BCUT2D eigenvalue weighted by Crippen LogP contribution is -2.67. The van der Waals surface area contributed by atoms with Crippen LogP contribution in [-0.2, 0) is 42.8 Å². The van der Waals surface area contributed by atoms with Crippen LogP contribution in [-0.4, -0.2) is 119 Å². The molecule has 1 amide bonds. The van der Waals surface area contributed by atoms with E-state index < -0.39 is 100 Å². The Morgan fingerprint density at radius 3 is 2.33 bits per heavy atom. The maximum Gasteiger partial charge on any atom is 0.410 e. The van der Waals surface area contributed by atoms with Gasteiger partial charge in [0.15, 0.2) is 23.9 Å². The smallest absolute Gasteiger partial charge is 0.410 e. The van der Waals surface area contributed by atoms with Crippen molar-refractivity contribution in [2.45, 2.75) is 75.7 Å². The average molecular weight is 554 g/mol. The molecule has 12 atom stereocenters. The number of morpholine rings is 1. The number of hydrogen-bond acceptors (Lipinski definition) is 13. The summed E-state index contributed by atoms with van der Waals surface area (Å²) in [4.78, 5) is 54.7. The van der Waals surface area contributed by atoms with Crippen molar-refractivity contribution in [1.29, 1.82) is 0 Å². The van der Waals surface area contributed by atoms with Gasteiger partial charge in [0.05, 0.1) is 30.7 Å².